The topological polar surface area (TPSA) is 63.2 Å². The zero-order valence-electron chi connectivity index (χ0n) is 20.8. The summed E-state index contributed by atoms with van der Waals surface area (Å²) in [6.45, 7) is 6.16. The lowest BCUT2D eigenvalue weighted by Gasteiger charge is -2.21. The Bertz CT molecular complexity index is 1020. The van der Waals surface area contributed by atoms with Crippen molar-refractivity contribution in [1.29, 1.82) is 0 Å². The second kappa shape index (κ2) is 13.4. The molecule has 0 aliphatic carbocycles. The maximum Gasteiger partial charge on any atom is 0.335 e. The van der Waals surface area contributed by atoms with Gasteiger partial charge in [-0.25, -0.2) is 4.79 Å². The van der Waals surface area contributed by atoms with E-state index in [4.69, 9.17) is 23.7 Å². The van der Waals surface area contributed by atoms with Crippen molar-refractivity contribution < 1.29 is 28.5 Å². The van der Waals surface area contributed by atoms with Crippen LogP contribution in [0.2, 0.25) is 0 Å². The van der Waals surface area contributed by atoms with Crippen molar-refractivity contribution in [2.45, 2.75) is 51.9 Å². The SMILES string of the molecule is CCOC(=O)[C@H](Cc1ccc(O[C@H](C)C[C@@H](C)Oc2ccc(Oc3ccccc3)cc2)cc1)OC. The number of para-hydroxylation sites is 1. The summed E-state index contributed by atoms with van der Waals surface area (Å²) in [6, 6.07) is 25.0. The normalized spacial score (nSPS) is 13.4. The molecule has 6 heteroatoms. The number of rotatable bonds is 13. The molecule has 0 spiro atoms. The number of hydrogen-bond acceptors (Lipinski definition) is 6. The number of esters is 1. The van der Waals surface area contributed by atoms with E-state index in [1.807, 2.05) is 92.7 Å². The molecule has 3 aromatic carbocycles. The van der Waals surface area contributed by atoms with E-state index in [1.165, 1.54) is 7.11 Å². The summed E-state index contributed by atoms with van der Waals surface area (Å²) < 4.78 is 28.2. The highest BCUT2D eigenvalue weighted by Gasteiger charge is 2.19. The second-order valence-corrected chi connectivity index (χ2v) is 8.30. The third kappa shape index (κ3) is 8.65. The van der Waals surface area contributed by atoms with E-state index in [0.29, 0.717) is 13.0 Å². The smallest absolute Gasteiger partial charge is 0.335 e. The standard InChI is InChI=1S/C29H34O6/c1-5-32-29(30)28(31-4)20-23-11-13-25(14-12-23)33-21(2)19-22(3)34-26-15-17-27(18-16-26)35-24-9-7-6-8-10-24/h6-18,21-22,28H,5,19-20H2,1-4H3/t21-,22-,28+/m1/s1. The van der Waals surface area contributed by atoms with Gasteiger partial charge < -0.3 is 23.7 Å². The van der Waals surface area contributed by atoms with Gasteiger partial charge in [0.2, 0.25) is 0 Å². The van der Waals surface area contributed by atoms with E-state index in [2.05, 4.69) is 0 Å². The van der Waals surface area contributed by atoms with Crippen LogP contribution < -0.4 is 14.2 Å². The Morgan fingerprint density at radius 3 is 1.80 bits per heavy atom. The van der Waals surface area contributed by atoms with E-state index in [-0.39, 0.29) is 18.2 Å². The number of hydrogen-bond donors (Lipinski definition) is 0. The van der Waals surface area contributed by atoms with Crippen LogP contribution in [0, 0.1) is 0 Å². The van der Waals surface area contributed by atoms with Crippen molar-refractivity contribution >= 4 is 5.97 Å². The molecule has 0 amide bonds. The lowest BCUT2D eigenvalue weighted by molar-refractivity contribution is -0.154. The summed E-state index contributed by atoms with van der Waals surface area (Å²) in [4.78, 5) is 11.9. The molecule has 3 aromatic rings. The third-order valence-corrected chi connectivity index (χ3v) is 5.32. The molecule has 0 aliphatic heterocycles. The van der Waals surface area contributed by atoms with Gasteiger partial charge in [-0.15, -0.1) is 0 Å². The van der Waals surface area contributed by atoms with Gasteiger partial charge in [0.05, 0.1) is 18.8 Å². The van der Waals surface area contributed by atoms with E-state index < -0.39 is 6.10 Å². The minimum atomic E-state index is -0.613. The predicted octanol–water partition coefficient (Wildman–Crippen LogP) is 6.22. The first-order valence-electron chi connectivity index (χ1n) is 11.9. The van der Waals surface area contributed by atoms with Crippen molar-refractivity contribution in [3.05, 3.63) is 84.4 Å². The van der Waals surface area contributed by atoms with Crippen molar-refractivity contribution in [3.8, 4) is 23.0 Å². The van der Waals surface area contributed by atoms with Crippen molar-refractivity contribution in [2.75, 3.05) is 13.7 Å². The fraction of sp³-hybridized carbons (Fsp3) is 0.345. The van der Waals surface area contributed by atoms with E-state index in [9.17, 15) is 4.79 Å². The number of methoxy groups -OCH3 is 1. The highest BCUT2D eigenvalue weighted by atomic mass is 16.6. The lowest BCUT2D eigenvalue weighted by Crippen LogP contribution is -2.27. The number of benzene rings is 3. The summed E-state index contributed by atoms with van der Waals surface area (Å²) in [5.41, 5.74) is 0.973. The summed E-state index contributed by atoms with van der Waals surface area (Å²) >= 11 is 0. The van der Waals surface area contributed by atoms with Gasteiger partial charge in [0.15, 0.2) is 6.10 Å². The minimum absolute atomic E-state index is 0.0304. The molecule has 3 atom stereocenters. The first kappa shape index (κ1) is 26.1. The Morgan fingerprint density at radius 1 is 0.743 bits per heavy atom. The average Bonchev–Trinajstić information content (AvgIpc) is 2.85. The zero-order valence-corrected chi connectivity index (χ0v) is 20.8. The Labute approximate surface area is 207 Å². The molecule has 0 aromatic heterocycles. The zero-order chi connectivity index (χ0) is 25.0. The highest BCUT2D eigenvalue weighted by Crippen LogP contribution is 2.25. The first-order valence-corrected chi connectivity index (χ1v) is 11.9. The molecule has 186 valence electrons. The van der Waals surface area contributed by atoms with Crippen molar-refractivity contribution in [1.82, 2.24) is 0 Å². The molecule has 0 N–H and O–H groups in total. The molecule has 0 bridgehead atoms. The molecule has 0 saturated carbocycles. The van der Waals surface area contributed by atoms with Crippen LogP contribution in [0.1, 0.15) is 32.8 Å². The number of carbonyl (C=O) groups excluding carboxylic acids is 1. The van der Waals surface area contributed by atoms with Crippen molar-refractivity contribution in [2.24, 2.45) is 0 Å². The molecule has 0 saturated heterocycles. The monoisotopic (exact) mass is 478 g/mol. The minimum Gasteiger partial charge on any atom is -0.491 e. The van der Waals surface area contributed by atoms with Gasteiger partial charge >= 0.3 is 5.97 Å². The quantitative estimate of drug-likeness (QED) is 0.272. The molecule has 3 rings (SSSR count). The van der Waals surface area contributed by atoms with Gasteiger partial charge in [-0.1, -0.05) is 30.3 Å². The van der Waals surface area contributed by atoms with Crippen molar-refractivity contribution in [3.63, 3.8) is 0 Å². The van der Waals surface area contributed by atoms with Gasteiger partial charge in [-0.3, -0.25) is 0 Å². The van der Waals surface area contributed by atoms with Gasteiger partial charge in [0, 0.05) is 20.0 Å². The van der Waals surface area contributed by atoms with Crippen LogP contribution in [0.4, 0.5) is 0 Å². The van der Waals surface area contributed by atoms with Gasteiger partial charge in [0.25, 0.3) is 0 Å². The molecule has 0 heterocycles. The Balaban J connectivity index is 1.45. The third-order valence-electron chi connectivity index (χ3n) is 5.32. The predicted molar refractivity (Wildman–Crippen MR) is 135 cm³/mol. The summed E-state index contributed by atoms with van der Waals surface area (Å²) in [5, 5.41) is 0. The Morgan fingerprint density at radius 2 is 1.26 bits per heavy atom. The van der Waals surface area contributed by atoms with E-state index in [1.54, 1.807) is 6.92 Å². The maximum absolute atomic E-state index is 11.9. The van der Waals surface area contributed by atoms with Crippen LogP contribution in [0.3, 0.4) is 0 Å². The first-order chi connectivity index (χ1) is 17.0. The molecule has 6 nitrogen and oxygen atoms in total. The van der Waals surface area contributed by atoms with Crippen LogP contribution in [-0.2, 0) is 20.7 Å². The maximum atomic E-state index is 11.9. The van der Waals surface area contributed by atoms with Crippen LogP contribution in [0.5, 0.6) is 23.0 Å². The molecule has 0 unspecified atom stereocenters. The summed E-state index contributed by atoms with van der Waals surface area (Å²) in [6.07, 6.45) is 0.488. The molecular weight excluding hydrogens is 444 g/mol. The second-order valence-electron chi connectivity index (χ2n) is 8.30. The number of ether oxygens (including phenoxy) is 5. The van der Waals surface area contributed by atoms with Crippen LogP contribution in [-0.4, -0.2) is 38.0 Å². The van der Waals surface area contributed by atoms with Crippen LogP contribution in [0.15, 0.2) is 78.9 Å². The highest BCUT2D eigenvalue weighted by molar-refractivity contribution is 5.75. The molecule has 0 radical (unpaired) electrons. The Kier molecular flexibility index (Phi) is 9.99. The summed E-state index contributed by atoms with van der Waals surface area (Å²) in [7, 11) is 1.51. The van der Waals surface area contributed by atoms with Gasteiger partial charge in [0.1, 0.15) is 23.0 Å². The van der Waals surface area contributed by atoms with E-state index >= 15 is 0 Å². The summed E-state index contributed by atoms with van der Waals surface area (Å²) in [5.74, 6) is 2.75. The molecular formula is C29H34O6. The average molecular weight is 479 g/mol. The fourth-order valence-corrected chi connectivity index (χ4v) is 3.66. The molecule has 0 fully saturated rings. The fourth-order valence-electron chi connectivity index (χ4n) is 3.66. The van der Waals surface area contributed by atoms with Gasteiger partial charge in [-0.2, -0.15) is 0 Å². The molecule has 0 aliphatic rings. The molecule has 35 heavy (non-hydrogen) atoms. The number of carbonyl (C=O) groups is 1. The van der Waals surface area contributed by atoms with Gasteiger partial charge in [-0.05, 0) is 74.9 Å². The van der Waals surface area contributed by atoms with Crippen LogP contribution in [0.25, 0.3) is 0 Å². The van der Waals surface area contributed by atoms with E-state index in [0.717, 1.165) is 35.0 Å². The Hall–Kier alpha value is -3.51. The van der Waals surface area contributed by atoms with Crippen LogP contribution >= 0.6 is 0 Å². The largest absolute Gasteiger partial charge is 0.491 e. The lowest BCUT2D eigenvalue weighted by atomic mass is 10.1.